The van der Waals surface area contributed by atoms with Crippen LogP contribution in [0.3, 0.4) is 0 Å². The molecule has 136 valence electrons. The summed E-state index contributed by atoms with van der Waals surface area (Å²) in [4.78, 5) is 40.0. The number of nitrogens with zero attached hydrogens (tertiary/aromatic N) is 1. The van der Waals surface area contributed by atoms with E-state index in [0.29, 0.717) is 17.7 Å². The van der Waals surface area contributed by atoms with E-state index < -0.39 is 11.6 Å². The average molecular weight is 370 g/mol. The summed E-state index contributed by atoms with van der Waals surface area (Å²) in [5, 5.41) is 3.95. The van der Waals surface area contributed by atoms with Crippen LogP contribution in [-0.4, -0.2) is 34.7 Å². The molecule has 2 aliphatic rings. The lowest BCUT2D eigenvalue weighted by molar-refractivity contribution is -0.131. The van der Waals surface area contributed by atoms with Gasteiger partial charge in [-0.3, -0.25) is 14.5 Å². The number of rotatable bonds is 3. The van der Waals surface area contributed by atoms with Crippen molar-refractivity contribution in [1.29, 1.82) is 0 Å². The second-order valence-electron chi connectivity index (χ2n) is 7.29. The zero-order valence-corrected chi connectivity index (χ0v) is 15.7. The molecule has 1 aromatic carbocycles. The first-order valence-corrected chi connectivity index (χ1v) is 9.99. The quantitative estimate of drug-likeness (QED) is 0.655. The summed E-state index contributed by atoms with van der Waals surface area (Å²) >= 11 is 1.43. The van der Waals surface area contributed by atoms with Crippen LogP contribution in [0.5, 0.6) is 0 Å². The molecule has 6 heteroatoms. The molecule has 0 bridgehead atoms. The Morgan fingerprint density at radius 1 is 1.15 bits per heavy atom. The lowest BCUT2D eigenvalue weighted by atomic mass is 9.90. The summed E-state index contributed by atoms with van der Waals surface area (Å²) in [5.41, 5.74) is 0.134. The van der Waals surface area contributed by atoms with Crippen molar-refractivity contribution in [2.45, 2.75) is 51.0 Å². The van der Waals surface area contributed by atoms with Gasteiger partial charge in [-0.1, -0.05) is 43.9 Å². The van der Waals surface area contributed by atoms with Crippen molar-refractivity contribution in [1.82, 2.24) is 10.2 Å². The van der Waals surface area contributed by atoms with Gasteiger partial charge < -0.3 is 5.32 Å². The third kappa shape index (κ3) is 2.72. The highest BCUT2D eigenvalue weighted by Crippen LogP contribution is 2.34. The van der Waals surface area contributed by atoms with Crippen molar-refractivity contribution in [3.05, 3.63) is 34.7 Å². The Morgan fingerprint density at radius 2 is 1.85 bits per heavy atom. The fourth-order valence-electron chi connectivity index (χ4n) is 4.15. The van der Waals surface area contributed by atoms with Gasteiger partial charge in [0.15, 0.2) is 5.78 Å². The van der Waals surface area contributed by atoms with Crippen LogP contribution in [0.25, 0.3) is 10.1 Å². The number of nitrogens with one attached hydrogen (secondary N) is 1. The second-order valence-corrected chi connectivity index (χ2v) is 8.35. The molecule has 0 atom stereocenters. The Hall–Kier alpha value is -2.21. The minimum atomic E-state index is -0.789. The van der Waals surface area contributed by atoms with E-state index in [1.165, 1.54) is 11.3 Å². The third-order valence-electron chi connectivity index (χ3n) is 5.60. The maximum atomic E-state index is 13.0. The smallest absolute Gasteiger partial charge is 0.323 e. The number of hydrogen-bond acceptors (Lipinski definition) is 4. The van der Waals surface area contributed by atoms with E-state index in [0.717, 1.165) is 46.2 Å². The number of urea groups is 1. The van der Waals surface area contributed by atoms with Crippen LogP contribution in [0.2, 0.25) is 0 Å². The van der Waals surface area contributed by atoms with E-state index in [9.17, 15) is 14.4 Å². The molecule has 1 aliphatic heterocycles. The Labute approximate surface area is 156 Å². The van der Waals surface area contributed by atoms with Crippen LogP contribution in [0.1, 0.15) is 53.8 Å². The van der Waals surface area contributed by atoms with Gasteiger partial charge in [0, 0.05) is 4.70 Å². The zero-order chi connectivity index (χ0) is 18.3. The van der Waals surface area contributed by atoms with E-state index in [4.69, 9.17) is 0 Å². The number of carbonyl (C=O) groups is 3. The molecule has 2 fully saturated rings. The molecule has 2 aromatic rings. The van der Waals surface area contributed by atoms with Crippen LogP contribution in [0, 0.1) is 6.92 Å². The highest BCUT2D eigenvalue weighted by Gasteiger charge is 2.51. The molecule has 2 heterocycles. The Balaban J connectivity index is 1.58. The number of aryl methyl sites for hydroxylation is 1. The molecule has 1 N–H and O–H groups in total. The molecule has 1 saturated carbocycles. The van der Waals surface area contributed by atoms with E-state index in [-0.39, 0.29) is 18.2 Å². The maximum Gasteiger partial charge on any atom is 0.325 e. The second kappa shape index (κ2) is 6.50. The fourth-order valence-corrected chi connectivity index (χ4v) is 5.29. The molecule has 4 rings (SSSR count). The summed E-state index contributed by atoms with van der Waals surface area (Å²) in [6, 6.07) is 7.44. The van der Waals surface area contributed by atoms with Crippen LogP contribution >= 0.6 is 11.3 Å². The zero-order valence-electron chi connectivity index (χ0n) is 14.8. The molecule has 26 heavy (non-hydrogen) atoms. The van der Waals surface area contributed by atoms with Crippen LogP contribution in [-0.2, 0) is 4.79 Å². The van der Waals surface area contributed by atoms with Crippen molar-refractivity contribution in [3.63, 3.8) is 0 Å². The predicted molar refractivity (Wildman–Crippen MR) is 102 cm³/mol. The molecule has 1 saturated heterocycles. The van der Waals surface area contributed by atoms with Crippen molar-refractivity contribution in [2.24, 2.45) is 0 Å². The summed E-state index contributed by atoms with van der Waals surface area (Å²) in [6.45, 7) is 1.74. The molecular weight excluding hydrogens is 348 g/mol. The van der Waals surface area contributed by atoms with E-state index in [1.54, 1.807) is 0 Å². The Morgan fingerprint density at radius 3 is 2.54 bits per heavy atom. The van der Waals surface area contributed by atoms with Gasteiger partial charge in [-0.05, 0) is 36.8 Å². The standard InChI is InChI=1S/C20H22N2O3S/c1-13-14-8-4-5-9-16(14)26-17(13)15(23)12-22-18(24)20(21-19(22)25)10-6-2-3-7-11-20/h4-5,8-9H,2-3,6-7,10-12H2,1H3,(H,21,25). The normalized spacial score (nSPS) is 19.8. The molecule has 1 aliphatic carbocycles. The van der Waals surface area contributed by atoms with Crippen molar-refractivity contribution in [2.75, 3.05) is 6.54 Å². The van der Waals surface area contributed by atoms with Crippen molar-refractivity contribution < 1.29 is 14.4 Å². The third-order valence-corrected chi connectivity index (χ3v) is 6.92. The van der Waals surface area contributed by atoms with Gasteiger partial charge in [-0.2, -0.15) is 0 Å². The summed E-state index contributed by atoms with van der Waals surface area (Å²) in [5.74, 6) is -0.394. The van der Waals surface area contributed by atoms with Gasteiger partial charge in [-0.25, -0.2) is 4.79 Å². The fraction of sp³-hybridized carbons (Fsp3) is 0.450. The number of Topliss-reactive ketones (excluding diaryl/α,β-unsaturated/α-hetero) is 1. The lowest BCUT2D eigenvalue weighted by Crippen LogP contribution is -2.46. The molecular formula is C20H22N2O3S. The van der Waals surface area contributed by atoms with E-state index in [1.807, 2.05) is 31.2 Å². The maximum absolute atomic E-state index is 13.0. The van der Waals surface area contributed by atoms with Gasteiger partial charge in [0.05, 0.1) is 11.4 Å². The first-order valence-electron chi connectivity index (χ1n) is 9.17. The molecule has 1 spiro atoms. The minimum absolute atomic E-state index is 0.169. The topological polar surface area (TPSA) is 66.5 Å². The van der Waals surface area contributed by atoms with Crippen LogP contribution in [0.15, 0.2) is 24.3 Å². The summed E-state index contributed by atoms with van der Waals surface area (Å²) < 4.78 is 1.05. The van der Waals surface area contributed by atoms with Gasteiger partial charge in [0.1, 0.15) is 5.54 Å². The number of carbonyl (C=O) groups excluding carboxylic acids is 3. The number of thiophene rings is 1. The van der Waals surface area contributed by atoms with Crippen molar-refractivity contribution >= 4 is 39.1 Å². The molecule has 0 unspecified atom stereocenters. The van der Waals surface area contributed by atoms with Crippen molar-refractivity contribution in [3.8, 4) is 0 Å². The van der Waals surface area contributed by atoms with Gasteiger partial charge in [0.2, 0.25) is 0 Å². The largest absolute Gasteiger partial charge is 0.325 e. The molecule has 3 amide bonds. The van der Waals surface area contributed by atoms with Crippen LogP contribution in [0.4, 0.5) is 4.79 Å². The molecule has 5 nitrogen and oxygen atoms in total. The summed E-state index contributed by atoms with van der Waals surface area (Å²) in [6.07, 6.45) is 5.39. The minimum Gasteiger partial charge on any atom is -0.323 e. The number of hydrogen-bond donors (Lipinski definition) is 1. The highest BCUT2D eigenvalue weighted by atomic mass is 32.1. The van der Waals surface area contributed by atoms with Gasteiger partial charge >= 0.3 is 6.03 Å². The lowest BCUT2D eigenvalue weighted by Gasteiger charge is -2.24. The number of amides is 3. The SMILES string of the molecule is Cc1c(C(=O)CN2C(=O)NC3(CCCCCC3)C2=O)sc2ccccc12. The number of fused-ring (bicyclic) bond motifs is 1. The predicted octanol–water partition coefficient (Wildman–Crippen LogP) is 4.04. The molecule has 0 radical (unpaired) electrons. The number of benzene rings is 1. The first-order chi connectivity index (χ1) is 12.5. The van der Waals surface area contributed by atoms with Crippen LogP contribution < -0.4 is 5.32 Å². The highest BCUT2D eigenvalue weighted by molar-refractivity contribution is 7.21. The van der Waals surface area contributed by atoms with Gasteiger partial charge in [0.25, 0.3) is 5.91 Å². The first kappa shape index (κ1) is 17.2. The van der Waals surface area contributed by atoms with Gasteiger partial charge in [-0.15, -0.1) is 11.3 Å². The van der Waals surface area contributed by atoms with E-state index >= 15 is 0 Å². The number of ketones is 1. The van der Waals surface area contributed by atoms with E-state index in [2.05, 4.69) is 5.32 Å². The average Bonchev–Trinajstić information content (AvgIpc) is 2.95. The molecule has 1 aromatic heterocycles. The monoisotopic (exact) mass is 370 g/mol. The summed E-state index contributed by atoms with van der Waals surface area (Å²) in [7, 11) is 0. The Kier molecular flexibility index (Phi) is 4.31. The number of imide groups is 1. The Bertz CT molecular complexity index is 894.